The standard InChI is InChI=1S/C2H7O4P.H3O3P/c1-2(3)7(4,5)6;1-4(2)3/h3-6H,1H3;1-3H. The fraction of sp³-hybridized carbons (Fsp3) is 0.500. The topological polar surface area (TPSA) is 142 Å². The van der Waals surface area contributed by atoms with Crippen molar-refractivity contribution in [2.24, 2.45) is 0 Å². The molecule has 0 aromatic rings. The first-order valence-electron chi connectivity index (χ1n) is 2.15. The molecule has 0 spiro atoms. The van der Waals surface area contributed by atoms with Gasteiger partial charge in [-0.2, -0.15) is 0 Å². The van der Waals surface area contributed by atoms with Gasteiger partial charge in [0.15, 0.2) is 0 Å². The van der Waals surface area contributed by atoms with Gasteiger partial charge in [-0.05, 0) is 6.92 Å². The Morgan fingerprint density at radius 2 is 1.18 bits per heavy atom. The zero-order valence-electron chi connectivity index (χ0n) is 5.52. The fourth-order valence-corrected chi connectivity index (χ4v) is 0. The van der Waals surface area contributed by atoms with Gasteiger partial charge in [0.1, 0.15) is 5.48 Å². The third-order valence-electron chi connectivity index (χ3n) is 0.434. The first-order valence-corrected chi connectivity index (χ1v) is 4.99. The minimum atomic E-state index is -4.02. The van der Waals surface area contributed by atoms with Crippen molar-refractivity contribution in [1.82, 2.24) is 0 Å². The van der Waals surface area contributed by atoms with Crippen LogP contribution in [0.15, 0.2) is 0 Å². The highest BCUT2D eigenvalue weighted by atomic mass is 31.2. The Balaban J connectivity index is 0. The molecule has 0 saturated carbocycles. The second-order valence-corrected chi connectivity index (χ2v) is 3.70. The maximum absolute atomic E-state index is 8.10. The maximum Gasteiger partial charge on any atom is 0.324 e. The van der Waals surface area contributed by atoms with Crippen molar-refractivity contribution in [2.75, 3.05) is 0 Å². The van der Waals surface area contributed by atoms with Gasteiger partial charge in [-0.15, -0.1) is 0 Å². The first-order chi connectivity index (χ1) is 4.68. The lowest BCUT2D eigenvalue weighted by Crippen LogP contribution is -1.91. The second kappa shape index (κ2) is 6.02. The van der Waals surface area contributed by atoms with Gasteiger partial charge in [0.2, 0.25) is 0 Å². The van der Waals surface area contributed by atoms with E-state index in [0.717, 1.165) is 6.92 Å². The van der Waals surface area contributed by atoms with Gasteiger partial charge >= 0.3 is 8.60 Å². The van der Waals surface area contributed by atoms with E-state index in [1.807, 2.05) is 0 Å². The Kier molecular flexibility index (Phi) is 7.66. The molecule has 11 heavy (non-hydrogen) atoms. The van der Waals surface area contributed by atoms with Crippen LogP contribution >= 0.6 is 16.2 Å². The molecule has 0 amide bonds. The second-order valence-electron chi connectivity index (χ2n) is 1.38. The molecule has 0 rings (SSSR count). The van der Waals surface area contributed by atoms with E-state index in [9.17, 15) is 0 Å². The summed E-state index contributed by atoms with van der Waals surface area (Å²) in [4.78, 5) is 45.8. The zero-order valence-corrected chi connectivity index (χ0v) is 7.31. The van der Waals surface area contributed by atoms with E-state index in [0.29, 0.717) is 0 Å². The van der Waals surface area contributed by atoms with Crippen LogP contribution in [0.2, 0.25) is 0 Å². The first kappa shape index (κ1) is 14.0. The summed E-state index contributed by atoms with van der Waals surface area (Å²) in [6.07, 6.45) is 0. The zero-order chi connectivity index (χ0) is 9.65. The van der Waals surface area contributed by atoms with Crippen LogP contribution in [-0.4, -0.2) is 39.9 Å². The maximum atomic E-state index is 8.10. The highest BCUT2D eigenvalue weighted by molar-refractivity contribution is 7.59. The molecule has 0 saturated heterocycles. The van der Waals surface area contributed by atoms with Gasteiger partial charge in [-0.1, -0.05) is 0 Å². The Morgan fingerprint density at radius 1 is 1.09 bits per heavy atom. The lowest BCUT2D eigenvalue weighted by Gasteiger charge is -2.01. The van der Waals surface area contributed by atoms with Gasteiger partial charge in [0.05, 0.1) is 0 Å². The molecule has 0 aromatic heterocycles. The van der Waals surface area contributed by atoms with Crippen molar-refractivity contribution < 1.29 is 34.5 Å². The van der Waals surface area contributed by atoms with Crippen molar-refractivity contribution in [3.8, 4) is 0 Å². The molecule has 0 unspecified atom stereocenters. The monoisotopic (exact) mass is 208 g/mol. The van der Waals surface area contributed by atoms with Crippen molar-refractivity contribution in [3.05, 3.63) is 0 Å². The van der Waals surface area contributed by atoms with Crippen LogP contribution < -0.4 is 0 Å². The third kappa shape index (κ3) is 17.9. The normalized spacial score (nSPS) is 10.6. The molecule has 70 valence electrons. The van der Waals surface area contributed by atoms with E-state index < -0.39 is 21.6 Å². The Hall–Kier alpha value is 0.450. The lowest BCUT2D eigenvalue weighted by molar-refractivity contribution is 0.351. The summed E-state index contributed by atoms with van der Waals surface area (Å²) in [6, 6.07) is 0. The predicted molar refractivity (Wildman–Crippen MR) is 39.8 cm³/mol. The van der Waals surface area contributed by atoms with Crippen LogP contribution in [0.5, 0.6) is 0 Å². The molecule has 0 aliphatic rings. The van der Waals surface area contributed by atoms with Crippen LogP contribution in [0.1, 0.15) is 6.92 Å². The Morgan fingerprint density at radius 3 is 1.18 bits per heavy atom. The highest BCUT2D eigenvalue weighted by Crippen LogP contribution is 2.31. The highest BCUT2D eigenvalue weighted by Gasteiger charge is 2.04. The lowest BCUT2D eigenvalue weighted by atomic mass is 10.9. The molecule has 0 aliphatic heterocycles. The molecule has 7 N–H and O–H groups in total. The molecule has 7 nitrogen and oxygen atoms in total. The van der Waals surface area contributed by atoms with E-state index in [-0.39, 0.29) is 0 Å². The summed E-state index contributed by atoms with van der Waals surface area (Å²) >= 11 is 0. The van der Waals surface area contributed by atoms with E-state index >= 15 is 0 Å². The molecular weight excluding hydrogens is 198 g/mol. The number of aliphatic hydroxyl groups excluding tert-OH is 1. The van der Waals surface area contributed by atoms with Gasteiger partial charge in [-0.3, -0.25) is 0 Å². The molecule has 0 atom stereocenters. The average Bonchev–Trinajstić information content (AvgIpc) is 1.59. The van der Waals surface area contributed by atoms with Gasteiger partial charge in [0.25, 0.3) is 7.57 Å². The molecule has 0 bridgehead atoms. The molecule has 0 heterocycles. The molecule has 0 aliphatic carbocycles. The minimum Gasteiger partial charge on any atom is -0.359 e. The number of hydrogen-bond acceptors (Lipinski definition) is 6. The Bertz CT molecular complexity index is 132. The van der Waals surface area contributed by atoms with E-state index in [2.05, 4.69) is 0 Å². The van der Waals surface area contributed by atoms with Crippen LogP contribution in [-0.2, 0) is 0 Å². The smallest absolute Gasteiger partial charge is 0.324 e. The van der Waals surface area contributed by atoms with E-state index in [1.165, 1.54) is 0 Å². The van der Waals surface area contributed by atoms with Gasteiger partial charge in [0, 0.05) is 0 Å². The summed E-state index contributed by atoms with van der Waals surface area (Å²) in [5, 5.41) is 8.10. The quantitative estimate of drug-likeness (QED) is 0.238. The molecular formula is C2H10O7P2. The van der Waals surface area contributed by atoms with E-state index in [4.69, 9.17) is 34.5 Å². The molecule has 0 fully saturated rings. The van der Waals surface area contributed by atoms with Crippen LogP contribution in [0, 0.1) is 0 Å². The largest absolute Gasteiger partial charge is 0.359 e. The van der Waals surface area contributed by atoms with Crippen LogP contribution in [0.25, 0.3) is 0 Å². The van der Waals surface area contributed by atoms with E-state index in [1.54, 1.807) is 0 Å². The third-order valence-corrected chi connectivity index (χ3v) is 1.30. The average molecular weight is 208 g/mol. The molecule has 9 heteroatoms. The molecule has 0 radical (unpaired) electrons. The molecule has 0 aromatic carbocycles. The fourth-order valence-electron chi connectivity index (χ4n) is 0. The SMILES string of the molecule is CC(O)=P(O)(O)O.OP(O)O. The number of aliphatic hydroxyl groups is 1. The van der Waals surface area contributed by atoms with Crippen molar-refractivity contribution in [2.45, 2.75) is 6.92 Å². The summed E-state index contributed by atoms with van der Waals surface area (Å²) in [5.74, 6) is 0. The number of hydrogen-bond donors (Lipinski definition) is 7. The van der Waals surface area contributed by atoms with Gasteiger partial charge in [-0.25, -0.2) is 0 Å². The van der Waals surface area contributed by atoms with Crippen molar-refractivity contribution >= 4 is 21.6 Å². The van der Waals surface area contributed by atoms with Crippen LogP contribution in [0.4, 0.5) is 0 Å². The predicted octanol–water partition coefficient (Wildman–Crippen LogP) is -1.56. The van der Waals surface area contributed by atoms with Gasteiger partial charge < -0.3 is 34.5 Å². The minimum absolute atomic E-state index is 0.729. The summed E-state index contributed by atoms with van der Waals surface area (Å²) < 4.78 is 0. The Labute approximate surface area is 64.0 Å². The van der Waals surface area contributed by atoms with Crippen molar-refractivity contribution in [3.63, 3.8) is 0 Å². The van der Waals surface area contributed by atoms with Crippen LogP contribution in [0.3, 0.4) is 0 Å². The number of rotatable bonds is 0. The summed E-state index contributed by atoms with van der Waals surface area (Å²) in [7, 11) is -6.64. The summed E-state index contributed by atoms with van der Waals surface area (Å²) in [6.45, 7) is 1.02. The van der Waals surface area contributed by atoms with Crippen molar-refractivity contribution in [1.29, 1.82) is 0 Å². The summed E-state index contributed by atoms with van der Waals surface area (Å²) in [5.41, 5.74) is -0.729.